The Bertz CT molecular complexity index is 1440. The number of carbonyl (C=O) groups is 1. The molecule has 0 atom stereocenters. The van der Waals surface area contributed by atoms with Gasteiger partial charge in [-0.3, -0.25) is 9.69 Å². The maximum Gasteiger partial charge on any atom is 0.253 e. The normalized spacial score (nSPS) is 14.0. The summed E-state index contributed by atoms with van der Waals surface area (Å²) in [7, 11) is 0. The van der Waals surface area contributed by atoms with Crippen molar-refractivity contribution in [1.82, 2.24) is 15.2 Å². The maximum absolute atomic E-state index is 13.7. The number of rotatable bonds is 10. The Balaban J connectivity index is 1.31. The summed E-state index contributed by atoms with van der Waals surface area (Å²) in [5, 5.41) is 3.12. The van der Waals surface area contributed by atoms with Gasteiger partial charge in [0.25, 0.3) is 5.91 Å². The third-order valence-electron chi connectivity index (χ3n) is 7.17. The topological polar surface area (TPSA) is 89.7 Å². The molecule has 0 bridgehead atoms. The highest BCUT2D eigenvalue weighted by molar-refractivity contribution is 5.94. The van der Waals surface area contributed by atoms with E-state index < -0.39 is 0 Å². The van der Waals surface area contributed by atoms with E-state index in [1.54, 1.807) is 24.3 Å². The molecule has 3 N–H and O–H groups in total. The van der Waals surface area contributed by atoms with Gasteiger partial charge in [0.1, 0.15) is 29.7 Å². The van der Waals surface area contributed by atoms with Gasteiger partial charge in [-0.05, 0) is 72.9 Å². The van der Waals surface area contributed by atoms with Crippen molar-refractivity contribution in [3.05, 3.63) is 108 Å². The van der Waals surface area contributed by atoms with Crippen LogP contribution in [0.4, 0.5) is 10.2 Å². The van der Waals surface area contributed by atoms with Crippen molar-refractivity contribution in [2.75, 3.05) is 25.4 Å². The molecule has 3 aromatic carbocycles. The number of aromatic nitrogens is 1. The van der Waals surface area contributed by atoms with Crippen LogP contribution in [0.5, 0.6) is 11.5 Å². The summed E-state index contributed by atoms with van der Waals surface area (Å²) in [6.45, 7) is 5.24. The highest BCUT2D eigenvalue weighted by Gasteiger charge is 2.23. The first-order valence-electron chi connectivity index (χ1n) is 14.0. The average molecular weight is 555 g/mol. The number of nitrogens with zero attached hydrogens (tertiary/aromatic N) is 2. The minimum Gasteiger partial charge on any atom is -0.493 e. The van der Waals surface area contributed by atoms with E-state index in [1.165, 1.54) is 18.3 Å². The fourth-order valence-corrected chi connectivity index (χ4v) is 5.06. The zero-order valence-corrected chi connectivity index (χ0v) is 23.2. The fraction of sp³-hybridized carbons (Fsp3) is 0.273. The van der Waals surface area contributed by atoms with Gasteiger partial charge in [-0.1, -0.05) is 42.5 Å². The fourth-order valence-electron chi connectivity index (χ4n) is 5.06. The highest BCUT2D eigenvalue weighted by Crippen LogP contribution is 2.41. The molecule has 0 unspecified atom stereocenters. The second kappa shape index (κ2) is 13.3. The number of carbonyl (C=O) groups excluding carboxylic acids is 1. The first-order valence-corrected chi connectivity index (χ1v) is 14.0. The molecule has 1 fully saturated rings. The lowest BCUT2D eigenvalue weighted by molar-refractivity contribution is 0.0908. The molecule has 5 rings (SSSR count). The van der Waals surface area contributed by atoms with Gasteiger partial charge in [0.05, 0.1) is 17.7 Å². The van der Waals surface area contributed by atoms with Gasteiger partial charge >= 0.3 is 0 Å². The summed E-state index contributed by atoms with van der Waals surface area (Å²) < 4.78 is 26.2. The van der Waals surface area contributed by atoms with Crippen LogP contribution in [0, 0.1) is 5.82 Å². The van der Waals surface area contributed by atoms with E-state index in [9.17, 15) is 9.18 Å². The van der Waals surface area contributed by atoms with E-state index in [2.05, 4.69) is 27.3 Å². The molecule has 0 spiro atoms. The van der Waals surface area contributed by atoms with Gasteiger partial charge < -0.3 is 20.5 Å². The van der Waals surface area contributed by atoms with E-state index in [-0.39, 0.29) is 17.8 Å². The lowest BCUT2D eigenvalue weighted by Gasteiger charge is -2.32. The Kier molecular flexibility index (Phi) is 9.11. The molecule has 1 saturated heterocycles. The molecule has 8 heteroatoms. The van der Waals surface area contributed by atoms with Crippen molar-refractivity contribution in [2.24, 2.45) is 0 Å². The molecule has 41 heavy (non-hydrogen) atoms. The zero-order valence-electron chi connectivity index (χ0n) is 23.2. The summed E-state index contributed by atoms with van der Waals surface area (Å²) in [5.41, 5.74) is 9.91. The molecule has 0 aliphatic carbocycles. The number of halogens is 1. The molecule has 2 heterocycles. The largest absolute Gasteiger partial charge is 0.493 e. The number of hydrogen-bond donors (Lipinski definition) is 2. The summed E-state index contributed by atoms with van der Waals surface area (Å²) in [5.74, 6) is 1.37. The van der Waals surface area contributed by atoms with Crippen LogP contribution in [-0.4, -0.2) is 41.5 Å². The van der Waals surface area contributed by atoms with E-state index >= 15 is 0 Å². The number of piperidine rings is 1. The van der Waals surface area contributed by atoms with Crippen molar-refractivity contribution < 1.29 is 18.7 Å². The van der Waals surface area contributed by atoms with E-state index in [0.29, 0.717) is 42.6 Å². The van der Waals surface area contributed by atoms with Crippen molar-refractivity contribution >= 4 is 11.7 Å². The minimum atomic E-state index is -0.292. The van der Waals surface area contributed by atoms with Crippen molar-refractivity contribution in [1.29, 1.82) is 0 Å². The maximum atomic E-state index is 13.7. The minimum absolute atomic E-state index is 0.0981. The van der Waals surface area contributed by atoms with Crippen LogP contribution in [0.25, 0.3) is 11.1 Å². The number of likely N-dealkylation sites (tertiary alicyclic amines) is 1. The second-order valence-corrected chi connectivity index (χ2v) is 10.2. The molecule has 1 aliphatic heterocycles. The first-order chi connectivity index (χ1) is 20.0. The molecule has 7 nitrogen and oxygen atoms in total. The highest BCUT2D eigenvalue weighted by atomic mass is 19.1. The third-order valence-corrected chi connectivity index (χ3v) is 7.17. The monoisotopic (exact) mass is 554 g/mol. The first kappa shape index (κ1) is 28.1. The van der Waals surface area contributed by atoms with Gasteiger partial charge in [0.2, 0.25) is 0 Å². The van der Waals surface area contributed by atoms with Crippen LogP contribution in [0.15, 0.2) is 85.1 Å². The summed E-state index contributed by atoms with van der Waals surface area (Å²) in [6.07, 6.45) is 3.19. The van der Waals surface area contributed by atoms with Gasteiger partial charge in [-0.25, -0.2) is 9.37 Å². The SMILES string of the molecule is CCOc1cc(CN2CCC(NC(=O)c3ccc(N)nc3)CC2)cc(OCc2ccccc2)c1-c1ccc(F)cc1. The predicted molar refractivity (Wildman–Crippen MR) is 158 cm³/mol. The predicted octanol–water partition coefficient (Wildman–Crippen LogP) is 5.84. The zero-order chi connectivity index (χ0) is 28.6. The lowest BCUT2D eigenvalue weighted by Crippen LogP contribution is -2.44. The number of nitrogen functional groups attached to an aromatic ring is 1. The number of ether oxygens (including phenoxy) is 2. The standard InChI is InChI=1S/C33H35FN4O3/c1-2-40-29-18-24(21-38-16-14-28(15-17-38)37-33(39)26-10-13-31(35)36-20-26)19-30(41-22-23-6-4-3-5-7-23)32(29)25-8-11-27(34)12-9-25/h3-13,18-20,28H,2,14-17,21-22H2,1H3,(H2,35,36)(H,37,39). The number of anilines is 1. The number of nitrogens with one attached hydrogen (secondary N) is 1. The van der Waals surface area contributed by atoms with Crippen LogP contribution in [0.3, 0.4) is 0 Å². The van der Waals surface area contributed by atoms with Crippen molar-refractivity contribution in [2.45, 2.75) is 39.0 Å². The quantitative estimate of drug-likeness (QED) is 0.256. The van der Waals surface area contributed by atoms with Crippen LogP contribution >= 0.6 is 0 Å². The molecule has 1 aliphatic rings. The van der Waals surface area contributed by atoms with Gasteiger partial charge in [-0.15, -0.1) is 0 Å². The van der Waals surface area contributed by atoms with Crippen LogP contribution in [-0.2, 0) is 13.2 Å². The molecule has 1 amide bonds. The summed E-state index contributed by atoms with van der Waals surface area (Å²) >= 11 is 0. The number of amides is 1. The molecule has 0 radical (unpaired) electrons. The smallest absolute Gasteiger partial charge is 0.253 e. The third kappa shape index (κ3) is 7.41. The number of nitrogens with two attached hydrogens (primary N) is 1. The second-order valence-electron chi connectivity index (χ2n) is 10.2. The number of pyridine rings is 1. The Morgan fingerprint density at radius 2 is 1.68 bits per heavy atom. The molecule has 0 saturated carbocycles. The summed E-state index contributed by atoms with van der Waals surface area (Å²) in [4.78, 5) is 19.0. The molecular weight excluding hydrogens is 519 g/mol. The number of hydrogen-bond acceptors (Lipinski definition) is 6. The molecule has 1 aromatic heterocycles. The van der Waals surface area contributed by atoms with E-state index in [1.807, 2.05) is 37.3 Å². The Hall–Kier alpha value is -4.43. The average Bonchev–Trinajstić information content (AvgIpc) is 2.99. The van der Waals surface area contributed by atoms with E-state index in [0.717, 1.165) is 48.2 Å². The van der Waals surface area contributed by atoms with Crippen LogP contribution in [0.2, 0.25) is 0 Å². The lowest BCUT2D eigenvalue weighted by atomic mass is 9.99. The molecule has 4 aromatic rings. The Morgan fingerprint density at radius 1 is 0.976 bits per heavy atom. The number of benzene rings is 3. The molecular formula is C33H35FN4O3. The Labute approximate surface area is 240 Å². The van der Waals surface area contributed by atoms with Crippen LogP contribution < -0.4 is 20.5 Å². The van der Waals surface area contributed by atoms with Gasteiger partial charge in [0.15, 0.2) is 0 Å². The summed E-state index contributed by atoms with van der Waals surface area (Å²) in [6, 6.07) is 23.9. The van der Waals surface area contributed by atoms with Crippen molar-refractivity contribution in [3.8, 4) is 22.6 Å². The Morgan fingerprint density at radius 3 is 2.34 bits per heavy atom. The van der Waals surface area contributed by atoms with Crippen LogP contribution in [0.1, 0.15) is 41.3 Å². The van der Waals surface area contributed by atoms with E-state index in [4.69, 9.17) is 15.2 Å². The van der Waals surface area contributed by atoms with Gasteiger partial charge in [-0.2, -0.15) is 0 Å². The van der Waals surface area contributed by atoms with Crippen molar-refractivity contribution in [3.63, 3.8) is 0 Å². The molecule has 212 valence electrons. The van der Waals surface area contributed by atoms with Gasteiger partial charge in [0, 0.05) is 31.9 Å².